The van der Waals surface area contributed by atoms with E-state index in [9.17, 15) is 9.18 Å². The maximum Gasteiger partial charge on any atom is 0.248 e. The number of hydrogen-bond acceptors (Lipinski definition) is 2. The van der Waals surface area contributed by atoms with E-state index in [1.807, 2.05) is 24.3 Å². The van der Waals surface area contributed by atoms with Gasteiger partial charge in [0.2, 0.25) is 5.91 Å². The summed E-state index contributed by atoms with van der Waals surface area (Å²) in [5, 5.41) is 0. The van der Waals surface area contributed by atoms with Crippen LogP contribution in [0.4, 0.5) is 10.1 Å². The van der Waals surface area contributed by atoms with E-state index in [0.29, 0.717) is 17.8 Å². The van der Waals surface area contributed by atoms with Gasteiger partial charge in [-0.1, -0.05) is 34.1 Å². The molecule has 0 radical (unpaired) electrons. The molecule has 1 amide bonds. The Labute approximate surface area is 124 Å². The van der Waals surface area contributed by atoms with E-state index in [4.69, 9.17) is 5.73 Å². The largest absolute Gasteiger partial charge is 0.316 e. The van der Waals surface area contributed by atoms with E-state index in [1.165, 1.54) is 17.0 Å². The van der Waals surface area contributed by atoms with Gasteiger partial charge in [-0.15, -0.1) is 0 Å². The third kappa shape index (κ3) is 2.23. The first kappa shape index (κ1) is 13.3. The summed E-state index contributed by atoms with van der Waals surface area (Å²) >= 11 is 3.39. The molecule has 1 unspecified atom stereocenters. The van der Waals surface area contributed by atoms with Gasteiger partial charge in [-0.2, -0.15) is 0 Å². The molecule has 2 aromatic carbocycles. The molecule has 5 heteroatoms. The summed E-state index contributed by atoms with van der Waals surface area (Å²) in [6.07, 6.45) is 0. The average Bonchev–Trinajstić information content (AvgIpc) is 2.64. The van der Waals surface area contributed by atoms with Crippen LogP contribution in [0.2, 0.25) is 0 Å². The van der Waals surface area contributed by atoms with Gasteiger partial charge in [-0.25, -0.2) is 4.39 Å². The number of fused-ring (bicyclic) bond motifs is 1. The molecule has 0 fully saturated rings. The van der Waals surface area contributed by atoms with Gasteiger partial charge in [0, 0.05) is 10.0 Å². The molecule has 1 aliphatic rings. The van der Waals surface area contributed by atoms with Crippen LogP contribution >= 0.6 is 15.9 Å². The molecule has 0 bridgehead atoms. The number of rotatable bonds is 2. The van der Waals surface area contributed by atoms with Gasteiger partial charge in [0.15, 0.2) is 0 Å². The Balaban J connectivity index is 1.98. The molecule has 0 aliphatic carbocycles. The standard InChI is InChI=1S/C15H12BrFN2O/c16-10-3-1-2-9(6-10)8-19-13-7-11(17)4-5-12(13)14(18)15(19)20/h1-7,14H,8,18H2. The van der Waals surface area contributed by atoms with E-state index < -0.39 is 6.04 Å². The second kappa shape index (κ2) is 5.00. The van der Waals surface area contributed by atoms with Crippen molar-refractivity contribution in [2.24, 2.45) is 5.73 Å². The zero-order chi connectivity index (χ0) is 14.3. The lowest BCUT2D eigenvalue weighted by atomic mass is 10.1. The predicted molar refractivity (Wildman–Crippen MR) is 78.7 cm³/mol. The Kier molecular flexibility index (Phi) is 3.31. The van der Waals surface area contributed by atoms with Crippen LogP contribution in [0.3, 0.4) is 0 Å². The van der Waals surface area contributed by atoms with Crippen LogP contribution in [0.1, 0.15) is 17.2 Å². The number of anilines is 1. The monoisotopic (exact) mass is 334 g/mol. The number of hydrogen-bond donors (Lipinski definition) is 1. The van der Waals surface area contributed by atoms with Gasteiger partial charge in [-0.05, 0) is 29.8 Å². The predicted octanol–water partition coefficient (Wildman–Crippen LogP) is 3.13. The summed E-state index contributed by atoms with van der Waals surface area (Å²) in [6.45, 7) is 0.377. The highest BCUT2D eigenvalue weighted by Gasteiger charge is 2.34. The zero-order valence-electron chi connectivity index (χ0n) is 10.5. The maximum absolute atomic E-state index is 13.4. The van der Waals surface area contributed by atoms with Gasteiger partial charge < -0.3 is 10.6 Å². The summed E-state index contributed by atoms with van der Waals surface area (Å²) in [5.74, 6) is -0.574. The Morgan fingerprint density at radius 1 is 1.25 bits per heavy atom. The van der Waals surface area contributed by atoms with Crippen molar-refractivity contribution >= 4 is 27.5 Å². The fraction of sp³-hybridized carbons (Fsp3) is 0.133. The number of halogens is 2. The minimum absolute atomic E-state index is 0.203. The molecule has 2 aromatic rings. The summed E-state index contributed by atoms with van der Waals surface area (Å²) in [5.41, 5.74) is 8.08. The van der Waals surface area contributed by atoms with Crippen molar-refractivity contribution < 1.29 is 9.18 Å². The quantitative estimate of drug-likeness (QED) is 0.917. The van der Waals surface area contributed by atoms with Crippen LogP contribution in [-0.4, -0.2) is 5.91 Å². The van der Waals surface area contributed by atoms with E-state index in [2.05, 4.69) is 15.9 Å². The summed E-state index contributed by atoms with van der Waals surface area (Å²) in [4.78, 5) is 13.8. The molecular formula is C15H12BrFN2O. The van der Waals surface area contributed by atoms with E-state index in [-0.39, 0.29) is 11.7 Å². The van der Waals surface area contributed by atoms with Crippen molar-refractivity contribution in [1.82, 2.24) is 0 Å². The fourth-order valence-corrected chi connectivity index (χ4v) is 2.86. The van der Waals surface area contributed by atoms with Crippen LogP contribution in [0, 0.1) is 5.82 Å². The van der Waals surface area contributed by atoms with Crippen molar-refractivity contribution in [2.45, 2.75) is 12.6 Å². The Bertz CT molecular complexity index is 689. The van der Waals surface area contributed by atoms with E-state index in [1.54, 1.807) is 6.07 Å². The van der Waals surface area contributed by atoms with Crippen molar-refractivity contribution in [1.29, 1.82) is 0 Å². The molecule has 20 heavy (non-hydrogen) atoms. The van der Waals surface area contributed by atoms with Gasteiger partial charge >= 0.3 is 0 Å². The third-order valence-electron chi connectivity index (χ3n) is 3.38. The van der Waals surface area contributed by atoms with Crippen molar-refractivity contribution in [3.05, 3.63) is 63.9 Å². The molecule has 3 rings (SSSR count). The molecule has 102 valence electrons. The van der Waals surface area contributed by atoms with Crippen LogP contribution in [0.5, 0.6) is 0 Å². The molecule has 1 heterocycles. The van der Waals surface area contributed by atoms with Crippen molar-refractivity contribution in [3.8, 4) is 0 Å². The first-order valence-electron chi connectivity index (χ1n) is 6.17. The summed E-state index contributed by atoms with van der Waals surface area (Å²) < 4.78 is 14.3. The van der Waals surface area contributed by atoms with Gasteiger partial charge in [0.25, 0.3) is 0 Å². The zero-order valence-corrected chi connectivity index (χ0v) is 12.1. The highest BCUT2D eigenvalue weighted by molar-refractivity contribution is 9.10. The molecule has 1 aliphatic heterocycles. The Morgan fingerprint density at radius 2 is 2.05 bits per heavy atom. The second-order valence-electron chi connectivity index (χ2n) is 4.74. The van der Waals surface area contributed by atoms with Gasteiger partial charge in [0.1, 0.15) is 11.9 Å². The fourth-order valence-electron chi connectivity index (χ4n) is 2.41. The lowest BCUT2D eigenvalue weighted by Gasteiger charge is -2.18. The smallest absolute Gasteiger partial charge is 0.248 e. The topological polar surface area (TPSA) is 46.3 Å². The van der Waals surface area contributed by atoms with Crippen LogP contribution in [0.25, 0.3) is 0 Å². The summed E-state index contributed by atoms with van der Waals surface area (Å²) in [7, 11) is 0. The molecule has 0 saturated carbocycles. The van der Waals surface area contributed by atoms with Crippen molar-refractivity contribution in [3.63, 3.8) is 0 Å². The number of benzene rings is 2. The minimum atomic E-state index is -0.710. The Morgan fingerprint density at radius 3 is 2.80 bits per heavy atom. The molecule has 0 aromatic heterocycles. The summed E-state index contributed by atoms with van der Waals surface area (Å²) in [6, 6.07) is 11.2. The molecule has 3 nitrogen and oxygen atoms in total. The number of nitrogens with two attached hydrogens (primary N) is 1. The number of amides is 1. The number of carbonyl (C=O) groups excluding carboxylic acids is 1. The first-order valence-corrected chi connectivity index (χ1v) is 6.96. The minimum Gasteiger partial charge on any atom is -0.316 e. The van der Waals surface area contributed by atoms with Crippen LogP contribution in [-0.2, 0) is 11.3 Å². The molecule has 2 N–H and O–H groups in total. The average molecular weight is 335 g/mol. The SMILES string of the molecule is NC1C(=O)N(Cc2cccc(Br)c2)c2cc(F)ccc21. The first-order chi connectivity index (χ1) is 9.56. The van der Waals surface area contributed by atoms with Crippen LogP contribution < -0.4 is 10.6 Å². The van der Waals surface area contributed by atoms with Gasteiger partial charge in [-0.3, -0.25) is 4.79 Å². The van der Waals surface area contributed by atoms with Crippen molar-refractivity contribution in [2.75, 3.05) is 4.90 Å². The van der Waals surface area contributed by atoms with E-state index in [0.717, 1.165) is 10.0 Å². The second-order valence-corrected chi connectivity index (χ2v) is 5.65. The molecule has 0 saturated heterocycles. The normalized spacial score (nSPS) is 17.4. The molecule has 0 spiro atoms. The van der Waals surface area contributed by atoms with E-state index >= 15 is 0 Å². The Hall–Kier alpha value is -1.72. The number of carbonyl (C=O) groups is 1. The lowest BCUT2D eigenvalue weighted by molar-refractivity contribution is -0.119. The maximum atomic E-state index is 13.4. The highest BCUT2D eigenvalue weighted by Crippen LogP contribution is 2.36. The van der Waals surface area contributed by atoms with Crippen LogP contribution in [0.15, 0.2) is 46.9 Å². The third-order valence-corrected chi connectivity index (χ3v) is 3.87. The molecular weight excluding hydrogens is 323 g/mol. The highest BCUT2D eigenvalue weighted by atomic mass is 79.9. The lowest BCUT2D eigenvalue weighted by Crippen LogP contribution is -2.31. The van der Waals surface area contributed by atoms with Gasteiger partial charge in [0.05, 0.1) is 12.2 Å². The number of nitrogens with zero attached hydrogens (tertiary/aromatic N) is 1. The molecule has 1 atom stereocenters.